The van der Waals surface area contributed by atoms with Crippen LogP contribution in [-0.2, 0) is 9.84 Å². The van der Waals surface area contributed by atoms with Gasteiger partial charge in [-0.3, -0.25) is 4.79 Å². The standard InChI is InChI=1S/C17H18FN3O3S/c1-21(15-7-8-25(23,24)11-15)14-5-6-16(19-10-14)17(22)20-13-4-2-3-12(18)9-13/h2-6,9-10,15H,7-8,11H2,1H3,(H,20,22). The first kappa shape index (κ1) is 17.3. The van der Waals surface area contributed by atoms with Crippen molar-refractivity contribution in [1.29, 1.82) is 0 Å². The van der Waals surface area contributed by atoms with E-state index in [0.717, 1.165) is 5.69 Å². The molecule has 1 amide bonds. The number of amides is 1. The summed E-state index contributed by atoms with van der Waals surface area (Å²) in [5.41, 5.74) is 1.29. The van der Waals surface area contributed by atoms with Crippen LogP contribution >= 0.6 is 0 Å². The van der Waals surface area contributed by atoms with Gasteiger partial charge in [-0.25, -0.2) is 17.8 Å². The fraction of sp³-hybridized carbons (Fsp3) is 0.294. The average molecular weight is 363 g/mol. The molecule has 1 atom stereocenters. The molecule has 6 nitrogen and oxygen atoms in total. The third kappa shape index (κ3) is 4.14. The van der Waals surface area contributed by atoms with Crippen LogP contribution in [0.15, 0.2) is 42.6 Å². The first-order valence-corrected chi connectivity index (χ1v) is 9.62. The van der Waals surface area contributed by atoms with Gasteiger partial charge >= 0.3 is 0 Å². The Balaban J connectivity index is 1.68. The molecule has 1 aliphatic heterocycles. The maximum atomic E-state index is 13.1. The van der Waals surface area contributed by atoms with Gasteiger partial charge in [-0.05, 0) is 36.8 Å². The summed E-state index contributed by atoms with van der Waals surface area (Å²) in [6, 6.07) is 8.80. The molecule has 1 saturated heterocycles. The van der Waals surface area contributed by atoms with Gasteiger partial charge in [-0.15, -0.1) is 0 Å². The summed E-state index contributed by atoms with van der Waals surface area (Å²) < 4.78 is 36.3. The second-order valence-corrected chi connectivity index (χ2v) is 8.26. The van der Waals surface area contributed by atoms with Crippen LogP contribution < -0.4 is 10.2 Å². The molecule has 132 valence electrons. The second-order valence-electron chi connectivity index (χ2n) is 6.03. The molecular formula is C17H18FN3O3S. The van der Waals surface area contributed by atoms with E-state index in [0.29, 0.717) is 12.1 Å². The van der Waals surface area contributed by atoms with E-state index >= 15 is 0 Å². The smallest absolute Gasteiger partial charge is 0.274 e. The molecule has 3 rings (SSSR count). The number of rotatable bonds is 4. The number of sulfone groups is 1. The molecule has 0 aliphatic carbocycles. The van der Waals surface area contributed by atoms with E-state index in [2.05, 4.69) is 10.3 Å². The molecule has 2 aromatic rings. The van der Waals surface area contributed by atoms with Gasteiger partial charge in [-0.2, -0.15) is 0 Å². The lowest BCUT2D eigenvalue weighted by atomic mass is 10.2. The first-order valence-electron chi connectivity index (χ1n) is 7.80. The van der Waals surface area contributed by atoms with Crippen LogP contribution in [0.2, 0.25) is 0 Å². The molecule has 1 aromatic heterocycles. The van der Waals surface area contributed by atoms with E-state index in [1.165, 1.54) is 24.4 Å². The molecule has 1 aliphatic rings. The van der Waals surface area contributed by atoms with Gasteiger partial charge in [0.05, 0.1) is 23.4 Å². The van der Waals surface area contributed by atoms with Crippen molar-refractivity contribution in [3.05, 3.63) is 54.1 Å². The van der Waals surface area contributed by atoms with Crippen molar-refractivity contribution < 1.29 is 17.6 Å². The SMILES string of the molecule is CN(c1ccc(C(=O)Nc2cccc(F)c2)nc1)C1CCS(=O)(=O)C1. The number of carbonyl (C=O) groups is 1. The van der Waals surface area contributed by atoms with Gasteiger partial charge in [0.2, 0.25) is 0 Å². The Morgan fingerprint density at radius 1 is 1.32 bits per heavy atom. The minimum atomic E-state index is -2.97. The van der Waals surface area contributed by atoms with Crippen LogP contribution in [0.25, 0.3) is 0 Å². The van der Waals surface area contributed by atoms with E-state index in [-0.39, 0.29) is 23.2 Å². The summed E-state index contributed by atoms with van der Waals surface area (Å²) in [6.07, 6.45) is 2.12. The van der Waals surface area contributed by atoms with Crippen molar-refractivity contribution >= 4 is 27.1 Å². The summed E-state index contributed by atoms with van der Waals surface area (Å²) >= 11 is 0. The van der Waals surface area contributed by atoms with Crippen LogP contribution in [0.5, 0.6) is 0 Å². The third-order valence-corrected chi connectivity index (χ3v) is 5.98. The molecule has 0 radical (unpaired) electrons. The summed E-state index contributed by atoms with van der Waals surface area (Å²) in [4.78, 5) is 18.2. The van der Waals surface area contributed by atoms with Crippen molar-refractivity contribution in [2.75, 3.05) is 28.8 Å². The van der Waals surface area contributed by atoms with Crippen molar-refractivity contribution in [2.24, 2.45) is 0 Å². The zero-order chi connectivity index (χ0) is 18.0. The maximum absolute atomic E-state index is 13.1. The molecule has 2 heterocycles. The number of aromatic nitrogens is 1. The highest BCUT2D eigenvalue weighted by atomic mass is 32.2. The monoisotopic (exact) mass is 363 g/mol. The molecule has 0 spiro atoms. The average Bonchev–Trinajstić information content (AvgIpc) is 2.94. The van der Waals surface area contributed by atoms with Crippen LogP contribution in [-0.4, -0.2) is 43.9 Å². The molecule has 1 N–H and O–H groups in total. The maximum Gasteiger partial charge on any atom is 0.274 e. The second kappa shape index (κ2) is 6.79. The normalized spacial score (nSPS) is 18.7. The highest BCUT2D eigenvalue weighted by Crippen LogP contribution is 2.22. The molecule has 0 bridgehead atoms. The fourth-order valence-electron chi connectivity index (χ4n) is 2.78. The number of hydrogen-bond acceptors (Lipinski definition) is 5. The lowest BCUT2D eigenvalue weighted by Crippen LogP contribution is -2.32. The van der Waals surface area contributed by atoms with Gasteiger partial charge < -0.3 is 10.2 Å². The number of carbonyl (C=O) groups excluding carboxylic acids is 1. The number of nitrogens with zero attached hydrogens (tertiary/aromatic N) is 2. The Morgan fingerprint density at radius 2 is 2.12 bits per heavy atom. The number of pyridine rings is 1. The van der Waals surface area contributed by atoms with Crippen LogP contribution in [0, 0.1) is 5.82 Å². The largest absolute Gasteiger partial charge is 0.369 e. The van der Waals surface area contributed by atoms with Crippen molar-refractivity contribution in [2.45, 2.75) is 12.5 Å². The lowest BCUT2D eigenvalue weighted by molar-refractivity contribution is 0.102. The topological polar surface area (TPSA) is 79.4 Å². The van der Waals surface area contributed by atoms with E-state index in [4.69, 9.17) is 0 Å². The van der Waals surface area contributed by atoms with E-state index in [1.807, 2.05) is 11.9 Å². The summed E-state index contributed by atoms with van der Waals surface area (Å²) in [6.45, 7) is 0. The third-order valence-electron chi connectivity index (χ3n) is 4.23. The predicted octanol–water partition coefficient (Wildman–Crippen LogP) is 2.10. The highest BCUT2D eigenvalue weighted by Gasteiger charge is 2.30. The van der Waals surface area contributed by atoms with Gasteiger partial charge in [0.25, 0.3) is 5.91 Å². The molecular weight excluding hydrogens is 345 g/mol. The lowest BCUT2D eigenvalue weighted by Gasteiger charge is -2.25. The van der Waals surface area contributed by atoms with Gasteiger partial charge in [0.15, 0.2) is 9.84 Å². The van der Waals surface area contributed by atoms with Crippen molar-refractivity contribution in [3.63, 3.8) is 0 Å². The number of hydrogen-bond donors (Lipinski definition) is 1. The van der Waals surface area contributed by atoms with Crippen LogP contribution in [0.3, 0.4) is 0 Å². The molecule has 1 unspecified atom stereocenters. The summed E-state index contributed by atoms with van der Waals surface area (Å²) in [5, 5.41) is 2.58. The number of anilines is 2. The molecule has 0 saturated carbocycles. The van der Waals surface area contributed by atoms with E-state index in [1.54, 1.807) is 18.2 Å². The van der Waals surface area contributed by atoms with Crippen LogP contribution in [0.4, 0.5) is 15.8 Å². The Labute approximate surface area is 145 Å². The number of halogens is 1. The van der Waals surface area contributed by atoms with Gasteiger partial charge in [0, 0.05) is 18.8 Å². The Morgan fingerprint density at radius 3 is 2.72 bits per heavy atom. The van der Waals surface area contributed by atoms with E-state index < -0.39 is 21.6 Å². The minimum absolute atomic E-state index is 0.0845. The first-order chi connectivity index (χ1) is 11.8. The Bertz CT molecular complexity index is 884. The zero-order valence-electron chi connectivity index (χ0n) is 13.6. The highest BCUT2D eigenvalue weighted by molar-refractivity contribution is 7.91. The fourth-order valence-corrected chi connectivity index (χ4v) is 4.56. The van der Waals surface area contributed by atoms with Crippen molar-refractivity contribution in [1.82, 2.24) is 4.98 Å². The molecule has 25 heavy (non-hydrogen) atoms. The molecule has 8 heteroatoms. The minimum Gasteiger partial charge on any atom is -0.369 e. The number of benzene rings is 1. The Hall–Kier alpha value is -2.48. The summed E-state index contributed by atoms with van der Waals surface area (Å²) in [7, 11) is -1.15. The van der Waals surface area contributed by atoms with Crippen molar-refractivity contribution in [3.8, 4) is 0 Å². The Kier molecular flexibility index (Phi) is 4.71. The van der Waals surface area contributed by atoms with Crippen LogP contribution in [0.1, 0.15) is 16.9 Å². The quantitative estimate of drug-likeness (QED) is 0.900. The zero-order valence-corrected chi connectivity index (χ0v) is 14.5. The summed E-state index contributed by atoms with van der Waals surface area (Å²) in [5.74, 6) is -0.549. The van der Waals surface area contributed by atoms with Gasteiger partial charge in [0.1, 0.15) is 11.5 Å². The number of nitrogens with one attached hydrogen (secondary N) is 1. The predicted molar refractivity (Wildman–Crippen MR) is 94.1 cm³/mol. The van der Waals surface area contributed by atoms with E-state index in [9.17, 15) is 17.6 Å². The molecule has 1 aromatic carbocycles. The van der Waals surface area contributed by atoms with Gasteiger partial charge in [-0.1, -0.05) is 6.07 Å². The molecule has 1 fully saturated rings.